The number of rotatable bonds is 7. The molecule has 12 nitrogen and oxygen atoms in total. The van der Waals surface area contributed by atoms with Gasteiger partial charge in [0.15, 0.2) is 0 Å². The number of carbonyl (C=O) groups is 5. The first-order chi connectivity index (χ1) is 21.5. The summed E-state index contributed by atoms with van der Waals surface area (Å²) in [5, 5.41) is 21.5. The Balaban J connectivity index is 2.56. The number of hydrogen-bond acceptors (Lipinski definition) is 7. The smallest absolute Gasteiger partial charge is 0.245 e. The minimum absolute atomic E-state index is 0.0277. The third-order valence-electron chi connectivity index (χ3n) is 9.62. The third-order valence-corrected chi connectivity index (χ3v) is 9.62. The second kappa shape index (κ2) is 18.0. The van der Waals surface area contributed by atoms with Gasteiger partial charge in [-0.05, 0) is 68.6 Å². The molecule has 2 aliphatic rings. The maximum atomic E-state index is 14.1. The van der Waals surface area contributed by atoms with Gasteiger partial charge in [0.2, 0.25) is 29.5 Å². The van der Waals surface area contributed by atoms with Crippen molar-refractivity contribution in [3.8, 4) is 0 Å². The summed E-state index contributed by atoms with van der Waals surface area (Å²) in [6.45, 7) is 13.7. The van der Waals surface area contributed by atoms with Crippen molar-refractivity contribution in [2.24, 2.45) is 34.8 Å². The summed E-state index contributed by atoms with van der Waals surface area (Å²) >= 11 is 0. The van der Waals surface area contributed by atoms with E-state index in [-0.39, 0.29) is 42.2 Å². The minimum Gasteiger partial charge on any atom is -0.391 e. The Morgan fingerprint density at radius 1 is 0.891 bits per heavy atom. The highest BCUT2D eigenvalue weighted by atomic mass is 16.3. The van der Waals surface area contributed by atoms with Crippen LogP contribution < -0.4 is 27.0 Å². The maximum Gasteiger partial charge on any atom is 0.245 e. The largest absolute Gasteiger partial charge is 0.391 e. The molecule has 1 aliphatic heterocycles. The van der Waals surface area contributed by atoms with Crippen molar-refractivity contribution < 1.29 is 29.1 Å². The van der Waals surface area contributed by atoms with E-state index in [1.54, 1.807) is 7.05 Å². The average molecular weight is 651 g/mol. The van der Waals surface area contributed by atoms with Gasteiger partial charge in [-0.1, -0.05) is 60.8 Å². The number of carbonyl (C=O) groups excluding carboxylic acids is 5. The first-order valence-corrected chi connectivity index (χ1v) is 17.3. The van der Waals surface area contributed by atoms with Gasteiger partial charge in [0, 0.05) is 26.1 Å². The van der Waals surface area contributed by atoms with E-state index >= 15 is 0 Å². The molecule has 7 atom stereocenters. The van der Waals surface area contributed by atoms with Crippen molar-refractivity contribution in [2.75, 3.05) is 20.1 Å². The van der Waals surface area contributed by atoms with Crippen LogP contribution in [0.3, 0.4) is 0 Å². The zero-order valence-corrected chi connectivity index (χ0v) is 29.5. The van der Waals surface area contributed by atoms with Gasteiger partial charge in [0.05, 0.1) is 6.10 Å². The molecular formula is C34H62N6O6. The van der Waals surface area contributed by atoms with Crippen molar-refractivity contribution >= 4 is 29.5 Å². The summed E-state index contributed by atoms with van der Waals surface area (Å²) < 4.78 is 0. The number of aliphatic hydroxyl groups is 1. The molecule has 1 aliphatic carbocycles. The molecule has 264 valence electrons. The van der Waals surface area contributed by atoms with E-state index in [1.807, 2.05) is 20.8 Å². The van der Waals surface area contributed by atoms with Gasteiger partial charge < -0.3 is 37.0 Å². The molecule has 5 amide bonds. The van der Waals surface area contributed by atoms with Crippen LogP contribution in [-0.4, -0.2) is 90.0 Å². The number of nitrogens with zero attached hydrogens (tertiary/aromatic N) is 1. The Morgan fingerprint density at radius 2 is 1.52 bits per heavy atom. The average Bonchev–Trinajstić information content (AvgIpc) is 2.99. The SMILES string of the molecule is CC(C)C[C@H]1C(=O)N[C@@H](C2CCCCC2)C(=O)N[C@@H](CN)C(=O)N[C@@H]([C@H](C)O)C(=O)NCCC(CCC(C)(C)C)[C@@H](C)C(=O)N1C. The number of nitrogens with one attached hydrogen (secondary N) is 4. The molecule has 0 aromatic heterocycles. The molecule has 0 bridgehead atoms. The van der Waals surface area contributed by atoms with Crippen LogP contribution in [0.4, 0.5) is 0 Å². The minimum atomic E-state index is -1.28. The lowest BCUT2D eigenvalue weighted by atomic mass is 9.80. The molecule has 0 aromatic rings. The molecule has 7 N–H and O–H groups in total. The summed E-state index contributed by atoms with van der Waals surface area (Å²) in [5.41, 5.74) is 5.94. The Labute approximate surface area is 276 Å². The van der Waals surface area contributed by atoms with Gasteiger partial charge in [0.25, 0.3) is 0 Å². The lowest BCUT2D eigenvalue weighted by molar-refractivity contribution is -0.145. The lowest BCUT2D eigenvalue weighted by Gasteiger charge is -2.36. The van der Waals surface area contributed by atoms with E-state index in [9.17, 15) is 29.1 Å². The highest BCUT2D eigenvalue weighted by Gasteiger charge is 2.39. The molecule has 2 fully saturated rings. The molecule has 1 heterocycles. The standard InChI is InChI=1S/C34H62N6O6/c1-20(2)18-26-30(43)39-28(24-12-10-9-11-13-24)32(45)37-25(19-35)29(42)38-27(22(4)41)31(44)36-17-15-23(14-16-34(5,6)7)21(3)33(46)40(26)8/h20-28,41H,9-19,35H2,1-8H3,(H,36,44)(H,37,45)(H,38,42)(H,39,43)/t21-,22+,23?,25+,26+,27+,28+/m1/s1. The van der Waals surface area contributed by atoms with Crippen molar-refractivity contribution in [3.05, 3.63) is 0 Å². The van der Waals surface area contributed by atoms with Crippen LogP contribution in [0, 0.1) is 29.1 Å². The molecule has 0 aromatic carbocycles. The van der Waals surface area contributed by atoms with Crippen molar-refractivity contribution in [1.29, 1.82) is 0 Å². The molecule has 12 heteroatoms. The Kier molecular flexibility index (Phi) is 15.4. The van der Waals surface area contributed by atoms with Crippen LogP contribution in [0.15, 0.2) is 0 Å². The summed E-state index contributed by atoms with van der Waals surface area (Å²) in [6, 6.07) is -4.20. The van der Waals surface area contributed by atoms with Gasteiger partial charge in [0.1, 0.15) is 24.2 Å². The number of amides is 5. The van der Waals surface area contributed by atoms with E-state index in [1.165, 1.54) is 11.8 Å². The summed E-state index contributed by atoms with van der Waals surface area (Å²) in [5.74, 6) is -2.97. The van der Waals surface area contributed by atoms with Crippen LogP contribution in [0.25, 0.3) is 0 Å². The predicted molar refractivity (Wildman–Crippen MR) is 178 cm³/mol. The normalized spacial score (nSPS) is 29.7. The Hall–Kier alpha value is -2.73. The van der Waals surface area contributed by atoms with Gasteiger partial charge in [-0.3, -0.25) is 24.0 Å². The monoisotopic (exact) mass is 650 g/mol. The maximum absolute atomic E-state index is 14.1. The second-order valence-electron chi connectivity index (χ2n) is 15.2. The Bertz CT molecular complexity index is 1040. The number of likely N-dealkylation sites (N-methyl/N-ethyl adjacent to an activating group) is 1. The molecule has 0 spiro atoms. The number of nitrogens with two attached hydrogens (primary N) is 1. The quantitative estimate of drug-likeness (QED) is 0.243. The second-order valence-corrected chi connectivity index (χ2v) is 15.2. The topological polar surface area (TPSA) is 183 Å². The molecule has 1 saturated carbocycles. The molecule has 1 unspecified atom stereocenters. The first-order valence-electron chi connectivity index (χ1n) is 17.3. The van der Waals surface area contributed by atoms with Gasteiger partial charge in [-0.15, -0.1) is 0 Å². The molecular weight excluding hydrogens is 588 g/mol. The first kappa shape index (κ1) is 39.4. The van der Waals surface area contributed by atoms with Crippen LogP contribution >= 0.6 is 0 Å². The fourth-order valence-corrected chi connectivity index (χ4v) is 6.58. The molecule has 0 radical (unpaired) electrons. The van der Waals surface area contributed by atoms with Gasteiger partial charge >= 0.3 is 0 Å². The zero-order valence-electron chi connectivity index (χ0n) is 29.5. The lowest BCUT2D eigenvalue weighted by Crippen LogP contribution is -2.62. The fourth-order valence-electron chi connectivity index (χ4n) is 6.58. The van der Waals surface area contributed by atoms with Crippen molar-refractivity contribution in [3.63, 3.8) is 0 Å². The van der Waals surface area contributed by atoms with Crippen molar-refractivity contribution in [2.45, 2.75) is 137 Å². The van der Waals surface area contributed by atoms with Crippen LogP contribution in [0.5, 0.6) is 0 Å². The fraction of sp³-hybridized carbons (Fsp3) is 0.853. The number of aliphatic hydroxyl groups excluding tert-OH is 1. The van der Waals surface area contributed by atoms with Crippen LogP contribution in [0.2, 0.25) is 0 Å². The van der Waals surface area contributed by atoms with E-state index in [0.717, 1.165) is 44.9 Å². The van der Waals surface area contributed by atoms with E-state index < -0.39 is 59.8 Å². The van der Waals surface area contributed by atoms with Gasteiger partial charge in [-0.2, -0.15) is 0 Å². The predicted octanol–water partition coefficient (Wildman–Crippen LogP) is 1.83. The molecule has 2 rings (SSSR count). The highest BCUT2D eigenvalue weighted by Crippen LogP contribution is 2.31. The summed E-state index contributed by atoms with van der Waals surface area (Å²) in [6.07, 6.45) is 5.62. The highest BCUT2D eigenvalue weighted by molar-refractivity contribution is 5.96. The van der Waals surface area contributed by atoms with E-state index in [0.29, 0.717) is 12.8 Å². The number of hydrogen-bond donors (Lipinski definition) is 6. The van der Waals surface area contributed by atoms with Gasteiger partial charge in [-0.25, -0.2) is 0 Å². The Morgan fingerprint density at radius 3 is 2.07 bits per heavy atom. The van der Waals surface area contributed by atoms with Crippen LogP contribution in [0.1, 0.15) is 106 Å². The molecule has 46 heavy (non-hydrogen) atoms. The zero-order chi connectivity index (χ0) is 34.8. The summed E-state index contributed by atoms with van der Waals surface area (Å²) in [4.78, 5) is 69.9. The third kappa shape index (κ3) is 11.8. The summed E-state index contributed by atoms with van der Waals surface area (Å²) in [7, 11) is 1.66. The van der Waals surface area contributed by atoms with Crippen LogP contribution in [-0.2, 0) is 24.0 Å². The van der Waals surface area contributed by atoms with Crippen molar-refractivity contribution in [1.82, 2.24) is 26.2 Å². The van der Waals surface area contributed by atoms with E-state index in [2.05, 4.69) is 42.0 Å². The van der Waals surface area contributed by atoms with E-state index in [4.69, 9.17) is 5.73 Å². The molecule has 1 saturated heterocycles.